The minimum absolute atomic E-state index is 0.161. The second-order valence-corrected chi connectivity index (χ2v) is 7.96. The van der Waals surface area contributed by atoms with Crippen molar-refractivity contribution in [3.8, 4) is 11.8 Å². The van der Waals surface area contributed by atoms with E-state index in [1.54, 1.807) is 20.8 Å². The number of benzene rings is 1. The number of methoxy groups -OCH3 is 1. The van der Waals surface area contributed by atoms with Gasteiger partial charge in [0.1, 0.15) is 5.60 Å². The van der Waals surface area contributed by atoms with Gasteiger partial charge in [0, 0.05) is 18.4 Å². The fraction of sp³-hybridized carbons (Fsp3) is 0.458. The van der Waals surface area contributed by atoms with Gasteiger partial charge in [-0.3, -0.25) is 9.59 Å². The van der Waals surface area contributed by atoms with Gasteiger partial charge in [-0.1, -0.05) is 36.1 Å². The van der Waals surface area contributed by atoms with Gasteiger partial charge in [0.05, 0.1) is 19.6 Å². The molecule has 1 rings (SSSR count). The summed E-state index contributed by atoms with van der Waals surface area (Å²) in [5.41, 5.74) is 6.56. The maximum Gasteiger partial charge on any atom is 0.408 e. The molecule has 0 heterocycles. The van der Waals surface area contributed by atoms with E-state index in [0.717, 1.165) is 11.1 Å². The number of alkyl carbamates (subject to hydrolysis) is 1. The average molecular weight is 429 g/mol. The molecule has 7 heteroatoms. The fourth-order valence-electron chi connectivity index (χ4n) is 2.50. The van der Waals surface area contributed by atoms with E-state index in [0.29, 0.717) is 19.3 Å². The molecule has 0 aliphatic rings. The maximum atomic E-state index is 12.0. The third-order valence-electron chi connectivity index (χ3n) is 3.99. The first-order valence-electron chi connectivity index (χ1n) is 10.2. The Hall–Kier alpha value is -3.27. The molecule has 0 fully saturated rings. The summed E-state index contributed by atoms with van der Waals surface area (Å²) in [5.74, 6) is 5.26. The molecule has 0 radical (unpaired) electrons. The largest absolute Gasteiger partial charge is 0.469 e. The molecule has 1 aromatic rings. The van der Waals surface area contributed by atoms with E-state index in [-0.39, 0.29) is 24.9 Å². The van der Waals surface area contributed by atoms with Crippen molar-refractivity contribution in [3.05, 3.63) is 47.5 Å². The van der Waals surface area contributed by atoms with Crippen LogP contribution in [-0.2, 0) is 25.5 Å². The highest BCUT2D eigenvalue weighted by Gasteiger charge is 2.18. The Morgan fingerprint density at radius 2 is 1.84 bits per heavy atom. The third kappa shape index (κ3) is 12.8. The Morgan fingerprint density at radius 1 is 1.16 bits per heavy atom. The first-order valence-corrected chi connectivity index (χ1v) is 10.2. The summed E-state index contributed by atoms with van der Waals surface area (Å²) in [6.45, 7) is 5.36. The zero-order valence-corrected chi connectivity index (χ0v) is 18.7. The molecule has 3 N–H and O–H groups in total. The molecule has 1 atom stereocenters. The normalized spacial score (nSPS) is 11.9. The zero-order chi connectivity index (χ0) is 23.3. The summed E-state index contributed by atoms with van der Waals surface area (Å²) in [5, 5.41) is 2.76. The lowest BCUT2D eigenvalue weighted by molar-refractivity contribution is -0.140. The lowest BCUT2D eigenvalue weighted by Gasteiger charge is -2.22. The molecule has 2 amide bonds. The summed E-state index contributed by atoms with van der Waals surface area (Å²) >= 11 is 0. The monoisotopic (exact) mass is 428 g/mol. The molecular weight excluding hydrogens is 396 g/mol. The van der Waals surface area contributed by atoms with Crippen LogP contribution < -0.4 is 11.1 Å². The van der Waals surface area contributed by atoms with Crippen LogP contribution in [0.4, 0.5) is 4.79 Å². The molecule has 0 aliphatic carbocycles. The van der Waals surface area contributed by atoms with Crippen LogP contribution in [0.5, 0.6) is 0 Å². The van der Waals surface area contributed by atoms with Crippen LogP contribution in [0.15, 0.2) is 36.4 Å². The van der Waals surface area contributed by atoms with E-state index >= 15 is 0 Å². The van der Waals surface area contributed by atoms with Gasteiger partial charge < -0.3 is 20.5 Å². The van der Waals surface area contributed by atoms with Crippen LogP contribution in [0.2, 0.25) is 0 Å². The first-order chi connectivity index (χ1) is 14.6. The second kappa shape index (κ2) is 13.1. The predicted molar refractivity (Wildman–Crippen MR) is 119 cm³/mol. The molecule has 0 bridgehead atoms. The molecule has 1 unspecified atom stereocenters. The topological polar surface area (TPSA) is 108 Å². The number of primary amides is 1. The van der Waals surface area contributed by atoms with E-state index in [1.165, 1.54) is 7.11 Å². The lowest BCUT2D eigenvalue weighted by atomic mass is 10.1. The van der Waals surface area contributed by atoms with Crippen LogP contribution in [0, 0.1) is 11.8 Å². The average Bonchev–Trinajstić information content (AvgIpc) is 2.68. The summed E-state index contributed by atoms with van der Waals surface area (Å²) in [6, 6.07) is 7.40. The van der Waals surface area contributed by atoms with Crippen LogP contribution in [0.25, 0.3) is 0 Å². The Balaban J connectivity index is 2.63. The van der Waals surface area contributed by atoms with Gasteiger partial charge in [-0.05, 0) is 51.3 Å². The zero-order valence-electron chi connectivity index (χ0n) is 18.7. The highest BCUT2D eigenvalue weighted by Crippen LogP contribution is 2.09. The van der Waals surface area contributed by atoms with Crippen molar-refractivity contribution in [2.24, 2.45) is 5.73 Å². The number of hydrogen-bond acceptors (Lipinski definition) is 5. The van der Waals surface area contributed by atoms with Crippen molar-refractivity contribution in [3.63, 3.8) is 0 Å². The number of carbonyl (C=O) groups excluding carboxylic acids is 3. The number of esters is 1. The van der Waals surface area contributed by atoms with E-state index in [4.69, 9.17) is 10.5 Å². The summed E-state index contributed by atoms with van der Waals surface area (Å²) < 4.78 is 9.85. The Bertz CT molecular complexity index is 826. The van der Waals surface area contributed by atoms with Crippen LogP contribution in [-0.4, -0.2) is 36.7 Å². The predicted octanol–water partition coefficient (Wildman–Crippen LogP) is 3.25. The molecule has 1 aromatic carbocycles. The van der Waals surface area contributed by atoms with Crippen LogP contribution in [0.3, 0.4) is 0 Å². The summed E-state index contributed by atoms with van der Waals surface area (Å²) in [7, 11) is 1.36. The Kier molecular flexibility index (Phi) is 10.9. The van der Waals surface area contributed by atoms with Gasteiger partial charge in [0.25, 0.3) is 0 Å². The standard InChI is InChI=1S/C24H32N2O5/c1-24(2,3)31-23(29)26-20(16-17-21(25)27)10-7-9-19-14-12-18(13-15-19)8-5-6-11-22(28)30-4/h7,10,12-15,20H,6,9,11,16-17H2,1-4H3,(H2,25,27)(H,26,29)/b10-7+. The molecule has 168 valence electrons. The highest BCUT2D eigenvalue weighted by molar-refractivity contribution is 5.74. The van der Waals surface area contributed by atoms with E-state index < -0.39 is 17.6 Å². The van der Waals surface area contributed by atoms with Crippen LogP contribution in [0.1, 0.15) is 57.6 Å². The number of nitrogens with two attached hydrogens (primary N) is 1. The molecule has 7 nitrogen and oxygen atoms in total. The van der Waals surface area contributed by atoms with Gasteiger partial charge in [0.2, 0.25) is 5.91 Å². The molecule has 0 spiro atoms. The first kappa shape index (κ1) is 25.8. The van der Waals surface area contributed by atoms with Crippen molar-refractivity contribution in [1.29, 1.82) is 0 Å². The molecule has 0 saturated carbocycles. The number of rotatable bonds is 9. The number of allylic oxidation sites excluding steroid dienone is 1. The molecular formula is C24H32N2O5. The fourth-order valence-corrected chi connectivity index (χ4v) is 2.50. The summed E-state index contributed by atoms with van der Waals surface area (Å²) in [6.07, 6.45) is 5.17. The molecule has 0 aliphatic heterocycles. The SMILES string of the molecule is COC(=O)CCC#Cc1ccc(C/C=C/C(CCC(N)=O)NC(=O)OC(C)(C)C)cc1. The van der Waals surface area contributed by atoms with E-state index in [1.807, 2.05) is 36.4 Å². The highest BCUT2D eigenvalue weighted by atomic mass is 16.6. The minimum atomic E-state index is -0.605. The number of amides is 2. The Labute approximate surface area is 184 Å². The van der Waals surface area contributed by atoms with Gasteiger partial charge in [-0.2, -0.15) is 0 Å². The number of hydrogen-bond donors (Lipinski definition) is 2. The lowest BCUT2D eigenvalue weighted by Crippen LogP contribution is -2.38. The van der Waals surface area contributed by atoms with Crippen molar-refractivity contribution >= 4 is 18.0 Å². The maximum absolute atomic E-state index is 12.0. The van der Waals surface area contributed by atoms with Gasteiger partial charge in [-0.15, -0.1) is 0 Å². The van der Waals surface area contributed by atoms with Gasteiger partial charge in [-0.25, -0.2) is 4.79 Å². The van der Waals surface area contributed by atoms with Crippen molar-refractivity contribution < 1.29 is 23.9 Å². The van der Waals surface area contributed by atoms with E-state index in [9.17, 15) is 14.4 Å². The number of ether oxygens (including phenoxy) is 2. The molecule has 0 aromatic heterocycles. The van der Waals surface area contributed by atoms with Crippen molar-refractivity contribution in [2.75, 3.05) is 7.11 Å². The van der Waals surface area contributed by atoms with Gasteiger partial charge >= 0.3 is 12.1 Å². The number of nitrogens with one attached hydrogen (secondary N) is 1. The smallest absolute Gasteiger partial charge is 0.408 e. The van der Waals surface area contributed by atoms with Crippen molar-refractivity contribution in [2.45, 2.75) is 64.5 Å². The quantitative estimate of drug-likeness (QED) is 0.357. The molecule has 31 heavy (non-hydrogen) atoms. The second-order valence-electron chi connectivity index (χ2n) is 7.96. The summed E-state index contributed by atoms with van der Waals surface area (Å²) in [4.78, 5) is 34.2. The third-order valence-corrected chi connectivity index (χ3v) is 3.99. The number of carbonyl (C=O) groups is 3. The van der Waals surface area contributed by atoms with E-state index in [2.05, 4.69) is 21.9 Å². The van der Waals surface area contributed by atoms with Crippen molar-refractivity contribution in [1.82, 2.24) is 5.32 Å². The molecule has 0 saturated heterocycles. The van der Waals surface area contributed by atoms with Crippen LogP contribution >= 0.6 is 0 Å². The Morgan fingerprint density at radius 3 is 2.42 bits per heavy atom. The van der Waals surface area contributed by atoms with Gasteiger partial charge in [0.15, 0.2) is 0 Å². The minimum Gasteiger partial charge on any atom is -0.469 e.